The zero-order chi connectivity index (χ0) is 15.9. The third kappa shape index (κ3) is 4.63. The number of esters is 1. The van der Waals surface area contributed by atoms with Crippen LogP contribution in [0.5, 0.6) is 0 Å². The quantitative estimate of drug-likeness (QED) is 0.460. The summed E-state index contributed by atoms with van der Waals surface area (Å²) in [5, 5.41) is 0. The normalized spacial score (nSPS) is 15.5. The number of ether oxygens (including phenoxy) is 2. The smallest absolute Gasteiger partial charge is 0.313 e. The molecule has 1 aliphatic heterocycles. The van der Waals surface area contributed by atoms with Gasteiger partial charge in [-0.2, -0.15) is 0 Å². The molecule has 0 aromatic heterocycles. The van der Waals surface area contributed by atoms with Gasteiger partial charge in [-0.15, -0.1) is 0 Å². The van der Waals surface area contributed by atoms with E-state index < -0.39 is 24.0 Å². The van der Waals surface area contributed by atoms with Gasteiger partial charge < -0.3 is 9.47 Å². The lowest BCUT2D eigenvalue weighted by Crippen LogP contribution is -2.18. The molecule has 0 N–H and O–H groups in total. The standard InChI is InChI=1S/C17H21FO4/c1-2-22-17(20)11-16(19)14-10-13(3-4-15(14)18)9-12-5-7-21-8-6-12/h3-4,10,12H,2,5-9,11H2,1H3. The summed E-state index contributed by atoms with van der Waals surface area (Å²) in [6.07, 6.45) is 2.32. The fourth-order valence-electron chi connectivity index (χ4n) is 2.64. The predicted molar refractivity (Wildman–Crippen MR) is 79.2 cm³/mol. The van der Waals surface area contributed by atoms with Crippen molar-refractivity contribution in [3.05, 3.63) is 35.1 Å². The molecule has 0 aliphatic carbocycles. The molecular formula is C17H21FO4. The summed E-state index contributed by atoms with van der Waals surface area (Å²) in [7, 11) is 0. The first-order valence-corrected chi connectivity index (χ1v) is 7.65. The molecule has 0 radical (unpaired) electrons. The van der Waals surface area contributed by atoms with Crippen LogP contribution in [0.25, 0.3) is 0 Å². The van der Waals surface area contributed by atoms with Gasteiger partial charge in [-0.05, 0) is 49.8 Å². The number of carbonyl (C=O) groups is 2. The van der Waals surface area contributed by atoms with Crippen molar-refractivity contribution in [1.29, 1.82) is 0 Å². The molecule has 5 heteroatoms. The summed E-state index contributed by atoms with van der Waals surface area (Å²) in [5.41, 5.74) is 0.887. The summed E-state index contributed by atoms with van der Waals surface area (Å²) in [4.78, 5) is 23.4. The van der Waals surface area contributed by atoms with Gasteiger partial charge in [0.15, 0.2) is 5.78 Å². The summed E-state index contributed by atoms with van der Waals surface area (Å²) in [5.74, 6) is -1.26. The minimum Gasteiger partial charge on any atom is -0.466 e. The largest absolute Gasteiger partial charge is 0.466 e. The third-order valence-electron chi connectivity index (χ3n) is 3.81. The predicted octanol–water partition coefficient (Wildman–Crippen LogP) is 2.93. The van der Waals surface area contributed by atoms with Gasteiger partial charge in [-0.25, -0.2) is 4.39 Å². The van der Waals surface area contributed by atoms with E-state index in [1.807, 2.05) is 0 Å². The number of halogens is 1. The molecule has 22 heavy (non-hydrogen) atoms. The minimum atomic E-state index is -0.623. The van der Waals surface area contributed by atoms with Gasteiger partial charge in [-0.3, -0.25) is 9.59 Å². The number of hydrogen-bond acceptors (Lipinski definition) is 4. The first kappa shape index (κ1) is 16.6. The Morgan fingerprint density at radius 1 is 1.32 bits per heavy atom. The highest BCUT2D eigenvalue weighted by Gasteiger charge is 2.19. The third-order valence-corrected chi connectivity index (χ3v) is 3.81. The van der Waals surface area contributed by atoms with E-state index in [4.69, 9.17) is 9.47 Å². The van der Waals surface area contributed by atoms with Crippen molar-refractivity contribution in [3.63, 3.8) is 0 Å². The lowest BCUT2D eigenvalue weighted by atomic mass is 9.91. The van der Waals surface area contributed by atoms with Gasteiger partial charge in [0.05, 0.1) is 12.2 Å². The first-order valence-electron chi connectivity index (χ1n) is 7.65. The van der Waals surface area contributed by atoms with Crippen molar-refractivity contribution >= 4 is 11.8 Å². The average molecular weight is 308 g/mol. The van der Waals surface area contributed by atoms with Crippen LogP contribution in [0.15, 0.2) is 18.2 Å². The first-order chi connectivity index (χ1) is 10.6. The molecule has 1 heterocycles. The van der Waals surface area contributed by atoms with Gasteiger partial charge in [0, 0.05) is 13.2 Å². The number of benzene rings is 1. The molecule has 0 unspecified atom stereocenters. The SMILES string of the molecule is CCOC(=O)CC(=O)c1cc(CC2CCOCC2)ccc1F. The zero-order valence-electron chi connectivity index (χ0n) is 12.8. The van der Waals surface area contributed by atoms with Crippen LogP contribution in [0, 0.1) is 11.7 Å². The Hall–Kier alpha value is -1.75. The Bertz CT molecular complexity index is 535. The van der Waals surface area contributed by atoms with Crippen molar-refractivity contribution < 1.29 is 23.5 Å². The number of ketones is 1. The second kappa shape index (κ2) is 8.03. The summed E-state index contributed by atoms with van der Waals surface area (Å²) in [6.45, 7) is 3.37. The summed E-state index contributed by atoms with van der Waals surface area (Å²) in [6, 6.07) is 4.56. The second-order valence-corrected chi connectivity index (χ2v) is 5.48. The molecule has 1 fully saturated rings. The lowest BCUT2D eigenvalue weighted by Gasteiger charge is -2.22. The topological polar surface area (TPSA) is 52.6 Å². The van der Waals surface area contributed by atoms with E-state index in [-0.39, 0.29) is 12.2 Å². The van der Waals surface area contributed by atoms with Crippen molar-refractivity contribution in [3.8, 4) is 0 Å². The van der Waals surface area contributed by atoms with Crippen LogP contribution in [0.3, 0.4) is 0 Å². The Kier molecular flexibility index (Phi) is 6.07. The van der Waals surface area contributed by atoms with E-state index in [0.717, 1.165) is 38.0 Å². The molecule has 0 spiro atoms. The maximum Gasteiger partial charge on any atom is 0.313 e. The Balaban J connectivity index is 2.05. The molecule has 1 aliphatic rings. The lowest BCUT2D eigenvalue weighted by molar-refractivity contribution is -0.141. The molecular weight excluding hydrogens is 287 g/mol. The van der Waals surface area contributed by atoms with Crippen molar-refractivity contribution in [2.24, 2.45) is 5.92 Å². The highest BCUT2D eigenvalue weighted by Crippen LogP contribution is 2.22. The van der Waals surface area contributed by atoms with E-state index in [1.165, 1.54) is 6.07 Å². The number of carbonyl (C=O) groups excluding carboxylic acids is 2. The minimum absolute atomic E-state index is 0.0300. The van der Waals surface area contributed by atoms with E-state index in [9.17, 15) is 14.0 Å². The summed E-state index contributed by atoms with van der Waals surface area (Å²) < 4.78 is 23.9. The highest BCUT2D eigenvalue weighted by molar-refractivity contribution is 6.06. The highest BCUT2D eigenvalue weighted by atomic mass is 19.1. The molecule has 2 rings (SSSR count). The molecule has 0 saturated carbocycles. The van der Waals surface area contributed by atoms with Crippen molar-refractivity contribution in [1.82, 2.24) is 0 Å². The van der Waals surface area contributed by atoms with Crippen molar-refractivity contribution in [2.45, 2.75) is 32.6 Å². The van der Waals surface area contributed by atoms with E-state index in [0.29, 0.717) is 5.92 Å². The fourth-order valence-corrected chi connectivity index (χ4v) is 2.64. The van der Waals surface area contributed by atoms with Crippen molar-refractivity contribution in [2.75, 3.05) is 19.8 Å². The van der Waals surface area contributed by atoms with Gasteiger partial charge in [0.25, 0.3) is 0 Å². The Morgan fingerprint density at radius 2 is 2.05 bits per heavy atom. The van der Waals surface area contributed by atoms with Gasteiger partial charge in [-0.1, -0.05) is 6.07 Å². The monoisotopic (exact) mass is 308 g/mol. The average Bonchev–Trinajstić information content (AvgIpc) is 2.50. The van der Waals surface area contributed by atoms with Gasteiger partial charge in [0.2, 0.25) is 0 Å². The fraction of sp³-hybridized carbons (Fsp3) is 0.529. The Labute approximate surface area is 129 Å². The van der Waals surface area contributed by atoms with Crippen LogP contribution in [-0.4, -0.2) is 31.6 Å². The maximum absolute atomic E-state index is 13.8. The number of hydrogen-bond donors (Lipinski definition) is 0. The van der Waals surface area contributed by atoms with E-state index in [2.05, 4.69) is 0 Å². The zero-order valence-corrected chi connectivity index (χ0v) is 12.8. The maximum atomic E-state index is 13.8. The molecule has 120 valence electrons. The van der Waals surface area contributed by atoms with Crippen LogP contribution in [0.2, 0.25) is 0 Å². The molecule has 1 aromatic carbocycles. The van der Waals surface area contributed by atoms with E-state index in [1.54, 1.807) is 19.1 Å². The van der Waals surface area contributed by atoms with Crippen LogP contribution < -0.4 is 0 Å². The Morgan fingerprint density at radius 3 is 2.73 bits per heavy atom. The molecule has 1 saturated heterocycles. The molecule has 1 aromatic rings. The molecule has 4 nitrogen and oxygen atoms in total. The number of rotatable bonds is 6. The molecule has 0 bridgehead atoms. The van der Waals surface area contributed by atoms with E-state index >= 15 is 0 Å². The molecule has 0 atom stereocenters. The summed E-state index contributed by atoms with van der Waals surface area (Å²) >= 11 is 0. The van der Waals surface area contributed by atoms with Gasteiger partial charge in [0.1, 0.15) is 12.2 Å². The van der Waals surface area contributed by atoms with Crippen LogP contribution >= 0.6 is 0 Å². The molecule has 0 amide bonds. The van der Waals surface area contributed by atoms with Crippen LogP contribution in [0.4, 0.5) is 4.39 Å². The number of Topliss-reactive ketones (excluding diaryl/α,β-unsaturated/α-hetero) is 1. The second-order valence-electron chi connectivity index (χ2n) is 5.48. The van der Waals surface area contributed by atoms with Gasteiger partial charge >= 0.3 is 5.97 Å². The van der Waals surface area contributed by atoms with Crippen LogP contribution in [-0.2, 0) is 20.7 Å². The van der Waals surface area contributed by atoms with Crippen LogP contribution in [0.1, 0.15) is 42.1 Å².